The summed E-state index contributed by atoms with van der Waals surface area (Å²) in [4.78, 5) is 0. The quantitative estimate of drug-likeness (QED) is 0.623. The Labute approximate surface area is 123 Å². The van der Waals surface area contributed by atoms with Gasteiger partial charge in [0.05, 0.1) is 0 Å². The molecule has 0 saturated heterocycles. The van der Waals surface area contributed by atoms with E-state index in [1.165, 1.54) is 47.1 Å². The summed E-state index contributed by atoms with van der Waals surface area (Å²) >= 11 is 0. The van der Waals surface area contributed by atoms with Gasteiger partial charge in [0.25, 0.3) is 0 Å². The van der Waals surface area contributed by atoms with Gasteiger partial charge in [0, 0.05) is 0 Å². The first-order valence-corrected chi connectivity index (χ1v) is 7.54. The molecular formula is C20H24. The number of unbranched alkanes of at least 4 members (excludes halogenated alkanes) is 1. The molecular weight excluding hydrogens is 240 g/mol. The molecule has 0 saturated carbocycles. The van der Waals surface area contributed by atoms with Crippen LogP contribution in [-0.2, 0) is 6.42 Å². The van der Waals surface area contributed by atoms with Crippen LogP contribution in [0.3, 0.4) is 0 Å². The van der Waals surface area contributed by atoms with Gasteiger partial charge in [-0.2, -0.15) is 0 Å². The van der Waals surface area contributed by atoms with E-state index in [9.17, 15) is 0 Å². The third-order valence-corrected chi connectivity index (χ3v) is 3.73. The van der Waals surface area contributed by atoms with Gasteiger partial charge in [-0.25, -0.2) is 0 Å². The van der Waals surface area contributed by atoms with Gasteiger partial charge in [-0.05, 0) is 48.5 Å². The zero-order chi connectivity index (χ0) is 14.4. The highest BCUT2D eigenvalue weighted by Crippen LogP contribution is 2.27. The summed E-state index contributed by atoms with van der Waals surface area (Å²) in [5, 5.41) is 0. The van der Waals surface area contributed by atoms with Crippen molar-refractivity contribution in [3.63, 3.8) is 0 Å². The lowest BCUT2D eigenvalue weighted by Crippen LogP contribution is -1.93. The van der Waals surface area contributed by atoms with Gasteiger partial charge in [-0.1, -0.05) is 74.1 Å². The topological polar surface area (TPSA) is 0 Å². The van der Waals surface area contributed by atoms with Gasteiger partial charge in [-0.15, -0.1) is 0 Å². The second-order valence-corrected chi connectivity index (χ2v) is 5.44. The number of aryl methyl sites for hydroxylation is 1. The van der Waals surface area contributed by atoms with Gasteiger partial charge in [0.2, 0.25) is 0 Å². The molecule has 1 aromatic rings. The molecule has 0 bridgehead atoms. The SMILES string of the molecule is C=C/C(=C1/C=C(C)C=CC1)c1cccc(CCCC)c1. The number of benzene rings is 1. The predicted octanol–water partition coefficient (Wildman–Crippen LogP) is 5.88. The van der Waals surface area contributed by atoms with E-state index in [-0.39, 0.29) is 0 Å². The van der Waals surface area contributed by atoms with Gasteiger partial charge in [0.1, 0.15) is 0 Å². The van der Waals surface area contributed by atoms with Crippen LogP contribution in [0.25, 0.3) is 5.57 Å². The molecule has 1 aliphatic carbocycles. The van der Waals surface area contributed by atoms with E-state index < -0.39 is 0 Å². The van der Waals surface area contributed by atoms with Gasteiger partial charge in [-0.3, -0.25) is 0 Å². The summed E-state index contributed by atoms with van der Waals surface area (Å²) in [6.07, 6.45) is 13.3. The van der Waals surface area contributed by atoms with Crippen LogP contribution in [0.15, 0.2) is 66.3 Å². The van der Waals surface area contributed by atoms with E-state index in [1.54, 1.807) is 0 Å². The Kier molecular flexibility index (Phi) is 5.17. The summed E-state index contributed by atoms with van der Waals surface area (Å²) in [6.45, 7) is 8.40. The van der Waals surface area contributed by atoms with Gasteiger partial charge in [0.15, 0.2) is 0 Å². The first-order valence-electron chi connectivity index (χ1n) is 7.54. The van der Waals surface area contributed by atoms with E-state index in [4.69, 9.17) is 0 Å². The summed E-state index contributed by atoms with van der Waals surface area (Å²) in [5.74, 6) is 0. The normalized spacial score (nSPS) is 16.8. The van der Waals surface area contributed by atoms with Crippen molar-refractivity contribution >= 4 is 5.57 Å². The third-order valence-electron chi connectivity index (χ3n) is 3.73. The summed E-state index contributed by atoms with van der Waals surface area (Å²) in [7, 11) is 0. The van der Waals surface area contributed by atoms with Crippen molar-refractivity contribution in [3.05, 3.63) is 77.4 Å². The molecule has 0 atom stereocenters. The number of rotatable bonds is 5. The lowest BCUT2D eigenvalue weighted by Gasteiger charge is -2.13. The molecule has 0 unspecified atom stereocenters. The summed E-state index contributed by atoms with van der Waals surface area (Å²) < 4.78 is 0. The Morgan fingerprint density at radius 3 is 2.90 bits per heavy atom. The largest absolute Gasteiger partial charge is 0.0984 e. The maximum Gasteiger partial charge on any atom is -0.00880 e. The molecule has 0 N–H and O–H groups in total. The highest BCUT2D eigenvalue weighted by atomic mass is 14.1. The molecule has 2 rings (SSSR count). The maximum atomic E-state index is 4.02. The van der Waals surface area contributed by atoms with E-state index in [0.29, 0.717) is 0 Å². The minimum absolute atomic E-state index is 0.998. The molecule has 0 heteroatoms. The van der Waals surface area contributed by atoms with Crippen LogP contribution in [0.1, 0.15) is 44.2 Å². The average molecular weight is 264 g/mol. The summed E-state index contributed by atoms with van der Waals surface area (Å²) in [5.41, 5.74) is 6.67. The molecule has 104 valence electrons. The Morgan fingerprint density at radius 2 is 2.20 bits per heavy atom. The molecule has 1 aromatic carbocycles. The number of allylic oxidation sites excluding steroid dienone is 7. The first-order chi connectivity index (χ1) is 9.74. The van der Waals surface area contributed by atoms with Crippen molar-refractivity contribution in [2.45, 2.75) is 39.5 Å². The highest BCUT2D eigenvalue weighted by molar-refractivity contribution is 5.79. The van der Waals surface area contributed by atoms with Crippen LogP contribution in [0.4, 0.5) is 0 Å². The van der Waals surface area contributed by atoms with Crippen LogP contribution in [0.2, 0.25) is 0 Å². The summed E-state index contributed by atoms with van der Waals surface area (Å²) in [6, 6.07) is 8.91. The molecule has 0 radical (unpaired) electrons. The minimum atomic E-state index is 0.998. The minimum Gasteiger partial charge on any atom is -0.0984 e. The fraction of sp³-hybridized carbons (Fsp3) is 0.300. The molecule has 0 aliphatic heterocycles. The van der Waals surface area contributed by atoms with Crippen molar-refractivity contribution in [3.8, 4) is 0 Å². The fourth-order valence-electron chi connectivity index (χ4n) is 2.65. The van der Waals surface area contributed by atoms with Crippen LogP contribution in [0, 0.1) is 0 Å². The van der Waals surface area contributed by atoms with Crippen molar-refractivity contribution in [1.29, 1.82) is 0 Å². The smallest absolute Gasteiger partial charge is 0.00880 e. The Bertz CT molecular complexity index is 567. The monoisotopic (exact) mass is 264 g/mol. The second-order valence-electron chi connectivity index (χ2n) is 5.44. The molecule has 0 nitrogen and oxygen atoms in total. The van der Waals surface area contributed by atoms with Crippen LogP contribution >= 0.6 is 0 Å². The Balaban J connectivity index is 2.35. The molecule has 0 heterocycles. The van der Waals surface area contributed by atoms with E-state index in [1.807, 2.05) is 6.08 Å². The van der Waals surface area contributed by atoms with Crippen molar-refractivity contribution in [2.24, 2.45) is 0 Å². The highest BCUT2D eigenvalue weighted by Gasteiger charge is 2.07. The number of hydrogen-bond donors (Lipinski definition) is 0. The van der Waals surface area contributed by atoms with Crippen molar-refractivity contribution in [2.75, 3.05) is 0 Å². The molecule has 0 spiro atoms. The third kappa shape index (κ3) is 3.60. The Hall–Kier alpha value is -1.82. The van der Waals surface area contributed by atoms with Gasteiger partial charge < -0.3 is 0 Å². The maximum absolute atomic E-state index is 4.02. The molecule has 0 amide bonds. The standard InChI is InChI=1S/C20H24/c1-4-6-10-17-11-8-13-19(15-17)20(5-2)18-12-7-9-16(3)14-18/h5,7-9,11,13-15H,2,4,6,10,12H2,1,3H3/b20-18-. The van der Waals surface area contributed by atoms with E-state index in [0.717, 1.165) is 6.42 Å². The first kappa shape index (κ1) is 14.6. The number of hydrogen-bond acceptors (Lipinski definition) is 0. The van der Waals surface area contributed by atoms with Crippen LogP contribution in [-0.4, -0.2) is 0 Å². The molecule has 1 aliphatic rings. The van der Waals surface area contributed by atoms with Crippen molar-refractivity contribution in [1.82, 2.24) is 0 Å². The van der Waals surface area contributed by atoms with Crippen molar-refractivity contribution < 1.29 is 0 Å². The Morgan fingerprint density at radius 1 is 1.35 bits per heavy atom. The van der Waals surface area contributed by atoms with Gasteiger partial charge >= 0.3 is 0 Å². The zero-order valence-electron chi connectivity index (χ0n) is 12.7. The lowest BCUT2D eigenvalue weighted by atomic mass is 9.92. The zero-order valence-corrected chi connectivity index (χ0v) is 12.7. The average Bonchev–Trinajstić information content (AvgIpc) is 2.46. The lowest BCUT2D eigenvalue weighted by molar-refractivity contribution is 0.795. The molecule has 20 heavy (non-hydrogen) atoms. The molecule has 0 aromatic heterocycles. The van der Waals surface area contributed by atoms with Crippen LogP contribution in [0.5, 0.6) is 0 Å². The molecule has 0 fully saturated rings. The fourth-order valence-corrected chi connectivity index (χ4v) is 2.65. The van der Waals surface area contributed by atoms with E-state index >= 15 is 0 Å². The van der Waals surface area contributed by atoms with E-state index in [2.05, 4.69) is 62.9 Å². The predicted molar refractivity (Wildman–Crippen MR) is 89.7 cm³/mol. The van der Waals surface area contributed by atoms with Crippen LogP contribution < -0.4 is 0 Å². The second kappa shape index (κ2) is 7.09.